The summed E-state index contributed by atoms with van der Waals surface area (Å²) in [5, 5.41) is 4.97. The molecule has 1 aromatic rings. The number of benzene rings is 1. The van der Waals surface area contributed by atoms with Gasteiger partial charge in [-0.05, 0) is 38.1 Å². The zero-order chi connectivity index (χ0) is 15.8. The summed E-state index contributed by atoms with van der Waals surface area (Å²) < 4.78 is 5.75. The third-order valence-corrected chi connectivity index (χ3v) is 3.06. The molecule has 7 heteroatoms. The van der Waals surface area contributed by atoms with Gasteiger partial charge in [0.05, 0.1) is 0 Å². The predicted octanol–water partition coefficient (Wildman–Crippen LogP) is 1.25. The van der Waals surface area contributed by atoms with Crippen molar-refractivity contribution in [1.82, 2.24) is 10.6 Å². The minimum Gasteiger partial charge on any atom is -0.451 e. The Bertz CT molecular complexity index is 516. The Labute approximate surface area is 131 Å². The highest BCUT2D eigenvalue weighted by Gasteiger charge is 2.17. The molecule has 0 saturated carbocycles. The Balaban J connectivity index is 2.40. The normalized spacial score (nSPS) is 11.4. The molecule has 0 aliphatic rings. The minimum absolute atomic E-state index is 0.293. The van der Waals surface area contributed by atoms with Crippen LogP contribution in [-0.4, -0.2) is 37.0 Å². The van der Waals surface area contributed by atoms with Gasteiger partial charge in [-0.25, -0.2) is 0 Å². The summed E-state index contributed by atoms with van der Waals surface area (Å²) in [6, 6.07) is 6.71. The fourth-order valence-electron chi connectivity index (χ4n) is 1.47. The van der Waals surface area contributed by atoms with E-state index in [0.717, 1.165) is 4.47 Å². The molecular formula is C14H17BrN2O4. The maximum atomic E-state index is 11.8. The first-order valence-electron chi connectivity index (χ1n) is 6.45. The van der Waals surface area contributed by atoms with Crippen LogP contribution in [0.3, 0.4) is 0 Å². The van der Waals surface area contributed by atoms with Crippen LogP contribution in [0, 0.1) is 0 Å². The third-order valence-electron chi connectivity index (χ3n) is 2.53. The second-order valence-electron chi connectivity index (χ2n) is 4.22. The monoisotopic (exact) mass is 356 g/mol. The van der Waals surface area contributed by atoms with E-state index in [1.165, 1.54) is 6.92 Å². The quantitative estimate of drug-likeness (QED) is 0.751. The largest absolute Gasteiger partial charge is 0.451 e. The molecule has 0 saturated heterocycles. The molecule has 21 heavy (non-hydrogen) atoms. The smallest absolute Gasteiger partial charge is 0.326 e. The topological polar surface area (TPSA) is 84.5 Å². The van der Waals surface area contributed by atoms with Gasteiger partial charge in [0, 0.05) is 16.6 Å². The zero-order valence-corrected chi connectivity index (χ0v) is 13.4. The van der Waals surface area contributed by atoms with Gasteiger partial charge in [0.15, 0.2) is 6.10 Å². The van der Waals surface area contributed by atoms with E-state index in [0.29, 0.717) is 12.1 Å². The number of likely N-dealkylation sites (N-methyl/N-ethyl adjacent to an activating group) is 1. The second-order valence-corrected chi connectivity index (χ2v) is 5.13. The van der Waals surface area contributed by atoms with E-state index in [1.807, 2.05) is 0 Å². The Kier molecular flexibility index (Phi) is 6.87. The zero-order valence-electron chi connectivity index (χ0n) is 11.8. The SMILES string of the molecule is CCNC(=O)[C@H](C)OC(=O)CNC(=O)c1ccc(Br)cc1. The van der Waals surface area contributed by atoms with Crippen molar-refractivity contribution < 1.29 is 19.1 Å². The molecule has 2 N–H and O–H groups in total. The van der Waals surface area contributed by atoms with Gasteiger partial charge in [0.1, 0.15) is 6.54 Å². The summed E-state index contributed by atoms with van der Waals surface area (Å²) in [7, 11) is 0. The van der Waals surface area contributed by atoms with E-state index < -0.39 is 12.1 Å². The maximum absolute atomic E-state index is 11.8. The van der Waals surface area contributed by atoms with Gasteiger partial charge in [0.25, 0.3) is 11.8 Å². The van der Waals surface area contributed by atoms with Crippen molar-refractivity contribution in [1.29, 1.82) is 0 Å². The highest BCUT2D eigenvalue weighted by Crippen LogP contribution is 2.10. The molecule has 0 radical (unpaired) electrons. The lowest BCUT2D eigenvalue weighted by atomic mass is 10.2. The first-order valence-corrected chi connectivity index (χ1v) is 7.24. The maximum Gasteiger partial charge on any atom is 0.326 e. The molecule has 1 aromatic carbocycles. The van der Waals surface area contributed by atoms with Crippen molar-refractivity contribution in [3.63, 3.8) is 0 Å². The molecule has 0 unspecified atom stereocenters. The van der Waals surface area contributed by atoms with E-state index in [1.54, 1.807) is 31.2 Å². The summed E-state index contributed by atoms with van der Waals surface area (Å²) in [5.74, 6) is -1.42. The molecular weight excluding hydrogens is 340 g/mol. The van der Waals surface area contributed by atoms with Crippen LogP contribution in [0.4, 0.5) is 0 Å². The van der Waals surface area contributed by atoms with Crippen LogP contribution in [0.5, 0.6) is 0 Å². The predicted molar refractivity (Wildman–Crippen MR) is 80.7 cm³/mol. The van der Waals surface area contributed by atoms with Crippen LogP contribution in [0.2, 0.25) is 0 Å². The summed E-state index contributed by atoms with van der Waals surface area (Å²) in [4.78, 5) is 34.7. The van der Waals surface area contributed by atoms with Crippen molar-refractivity contribution >= 4 is 33.7 Å². The molecule has 6 nitrogen and oxygen atoms in total. The Morgan fingerprint density at radius 3 is 2.38 bits per heavy atom. The summed E-state index contributed by atoms with van der Waals surface area (Å²) >= 11 is 3.27. The van der Waals surface area contributed by atoms with Crippen LogP contribution in [0.1, 0.15) is 24.2 Å². The number of carbonyl (C=O) groups excluding carboxylic acids is 3. The molecule has 0 aliphatic heterocycles. The molecule has 2 amide bonds. The second kappa shape index (κ2) is 8.41. The standard InChI is InChI=1S/C14H17BrN2O4/c1-3-16-13(19)9(2)21-12(18)8-17-14(20)10-4-6-11(15)7-5-10/h4-7,9H,3,8H2,1-2H3,(H,16,19)(H,17,20)/t9-/m0/s1. The number of carbonyl (C=O) groups is 3. The Morgan fingerprint density at radius 2 is 1.81 bits per heavy atom. The fraction of sp³-hybridized carbons (Fsp3) is 0.357. The molecule has 1 atom stereocenters. The molecule has 1 rings (SSSR count). The van der Waals surface area contributed by atoms with Gasteiger partial charge in [-0.2, -0.15) is 0 Å². The molecule has 0 fully saturated rings. The third kappa shape index (κ3) is 5.95. The van der Waals surface area contributed by atoms with Crippen LogP contribution < -0.4 is 10.6 Å². The van der Waals surface area contributed by atoms with E-state index >= 15 is 0 Å². The number of halogens is 1. The van der Waals surface area contributed by atoms with Gasteiger partial charge in [0.2, 0.25) is 0 Å². The van der Waals surface area contributed by atoms with Crippen molar-refractivity contribution in [3.05, 3.63) is 34.3 Å². The van der Waals surface area contributed by atoms with Crippen molar-refractivity contribution in [2.45, 2.75) is 20.0 Å². The number of hydrogen-bond donors (Lipinski definition) is 2. The number of hydrogen-bond acceptors (Lipinski definition) is 4. The number of amides is 2. The van der Waals surface area contributed by atoms with Gasteiger partial charge >= 0.3 is 5.97 Å². The van der Waals surface area contributed by atoms with Gasteiger partial charge in [-0.15, -0.1) is 0 Å². The summed E-state index contributed by atoms with van der Waals surface area (Å²) in [5.41, 5.74) is 0.433. The highest BCUT2D eigenvalue weighted by atomic mass is 79.9. The molecule has 0 bridgehead atoms. The van der Waals surface area contributed by atoms with Crippen LogP contribution in [0.25, 0.3) is 0 Å². The number of rotatable bonds is 6. The lowest BCUT2D eigenvalue weighted by Gasteiger charge is -2.13. The van der Waals surface area contributed by atoms with Gasteiger partial charge in [-0.1, -0.05) is 15.9 Å². The molecule has 0 spiro atoms. The van der Waals surface area contributed by atoms with E-state index in [2.05, 4.69) is 26.6 Å². The summed E-state index contributed by atoms with van der Waals surface area (Å²) in [6.07, 6.45) is -0.887. The average molecular weight is 357 g/mol. The number of esters is 1. The summed E-state index contributed by atoms with van der Waals surface area (Å²) in [6.45, 7) is 3.41. The van der Waals surface area contributed by atoms with E-state index in [9.17, 15) is 14.4 Å². The Morgan fingerprint density at radius 1 is 1.19 bits per heavy atom. The average Bonchev–Trinajstić information content (AvgIpc) is 2.45. The fourth-order valence-corrected chi connectivity index (χ4v) is 1.73. The van der Waals surface area contributed by atoms with Gasteiger partial charge in [-0.3, -0.25) is 14.4 Å². The Hall–Kier alpha value is -1.89. The number of nitrogens with one attached hydrogen (secondary N) is 2. The first-order chi connectivity index (χ1) is 9.93. The van der Waals surface area contributed by atoms with Crippen molar-refractivity contribution in [2.24, 2.45) is 0 Å². The van der Waals surface area contributed by atoms with Crippen molar-refractivity contribution in [3.8, 4) is 0 Å². The molecule has 0 aromatic heterocycles. The highest BCUT2D eigenvalue weighted by molar-refractivity contribution is 9.10. The van der Waals surface area contributed by atoms with Gasteiger partial charge < -0.3 is 15.4 Å². The first kappa shape index (κ1) is 17.2. The lowest BCUT2D eigenvalue weighted by Crippen LogP contribution is -2.38. The van der Waals surface area contributed by atoms with Crippen molar-refractivity contribution in [2.75, 3.05) is 13.1 Å². The molecule has 114 valence electrons. The molecule has 0 aliphatic carbocycles. The lowest BCUT2D eigenvalue weighted by molar-refractivity contribution is -0.153. The molecule has 0 heterocycles. The van der Waals surface area contributed by atoms with E-state index in [-0.39, 0.29) is 18.4 Å². The number of ether oxygens (including phenoxy) is 1. The van der Waals surface area contributed by atoms with Crippen LogP contribution in [-0.2, 0) is 14.3 Å². The van der Waals surface area contributed by atoms with Crippen LogP contribution >= 0.6 is 15.9 Å². The van der Waals surface area contributed by atoms with Crippen LogP contribution in [0.15, 0.2) is 28.7 Å². The van der Waals surface area contributed by atoms with E-state index in [4.69, 9.17) is 4.74 Å². The minimum atomic E-state index is -0.887.